The Hall–Kier alpha value is -9.37. The second-order valence-corrected chi connectivity index (χ2v) is 19.7. The largest absolute Gasteiger partial charge is 0.316 e. The molecule has 0 aliphatic heterocycles. The first-order chi connectivity index (χ1) is 36.2. The molecule has 0 spiro atoms. The van der Waals surface area contributed by atoms with Gasteiger partial charge in [-0.3, -0.25) is 0 Å². The molecule has 2 aliphatic rings. The highest BCUT2D eigenvalue weighted by atomic mass is 15.1. The predicted octanol–water partition coefficient (Wildman–Crippen LogP) is 19.1. The first-order valence-electron chi connectivity index (χ1n) is 25.4. The summed E-state index contributed by atoms with van der Waals surface area (Å²) in [6.07, 6.45) is 15.7. The normalized spacial score (nSPS) is 15.3. The van der Waals surface area contributed by atoms with Crippen LogP contribution in [0.4, 0.5) is 0 Å². The molecular weight excluding hydrogens is 881 g/mol. The summed E-state index contributed by atoms with van der Waals surface area (Å²) in [5, 5.41) is 14.8. The number of hydrogen-bond donors (Lipinski definition) is 0. The van der Waals surface area contributed by atoms with E-state index in [1.807, 2.05) is 0 Å². The van der Waals surface area contributed by atoms with Gasteiger partial charge < -0.3 is 4.57 Å². The molecule has 73 heavy (non-hydrogen) atoms. The van der Waals surface area contributed by atoms with E-state index in [9.17, 15) is 0 Å². The van der Waals surface area contributed by atoms with Gasteiger partial charge in [-0.2, -0.15) is 0 Å². The van der Waals surface area contributed by atoms with Crippen molar-refractivity contribution in [2.75, 3.05) is 0 Å². The number of benzene rings is 12. The fourth-order valence-corrected chi connectivity index (χ4v) is 12.5. The molecule has 2 heteroatoms. The number of rotatable bonds is 6. The lowest BCUT2D eigenvalue weighted by Crippen LogP contribution is -2.21. The van der Waals surface area contributed by atoms with Gasteiger partial charge in [-0.15, -0.1) is 0 Å². The van der Waals surface area contributed by atoms with E-state index in [1.165, 1.54) is 115 Å². The lowest BCUT2D eigenvalue weighted by atomic mass is 9.82. The van der Waals surface area contributed by atoms with Crippen molar-refractivity contribution in [1.29, 1.82) is 0 Å². The Morgan fingerprint density at radius 3 is 1.42 bits per heavy atom. The standard InChI is InChI=1S/C71H46N2/c1-3-20-48-41-51(37-35-45(48)17-1)68-60-30-11-12-31-61(60)70(52-38-36-46-18-2-4-21-49(46)42-52)63-44-53(39-40-62(63)68)69-58-28-9-7-26-56(58)67(57-27-8-10-29-59(57)69)50-23-15-24-54(43-50)71-72-64-32-13-14-33-66(64)73(71)65-34-16-22-47-19-5-6-25-55(47)65/h1-44,55,65H. The molecule has 2 unspecified atom stereocenters. The number of aromatic nitrogens is 2. The van der Waals surface area contributed by atoms with Gasteiger partial charge in [0, 0.05) is 11.5 Å². The van der Waals surface area contributed by atoms with Crippen LogP contribution in [0.15, 0.2) is 273 Å². The van der Waals surface area contributed by atoms with Crippen molar-refractivity contribution in [2.45, 2.75) is 6.04 Å². The van der Waals surface area contributed by atoms with E-state index in [4.69, 9.17) is 4.98 Å². The first-order valence-corrected chi connectivity index (χ1v) is 25.4. The molecule has 0 N–H and O–H groups in total. The molecule has 1 heterocycles. The molecule has 2 nitrogen and oxygen atoms in total. The van der Waals surface area contributed by atoms with Crippen LogP contribution in [0.3, 0.4) is 0 Å². The van der Waals surface area contributed by atoms with Crippen LogP contribution in [0.1, 0.15) is 6.04 Å². The van der Waals surface area contributed by atoms with Gasteiger partial charge in [-0.1, -0.05) is 231 Å². The van der Waals surface area contributed by atoms with Gasteiger partial charge >= 0.3 is 0 Å². The molecule has 0 fully saturated rings. The Morgan fingerprint density at radius 1 is 0.329 bits per heavy atom. The minimum atomic E-state index is 0.0820. The van der Waals surface area contributed by atoms with E-state index >= 15 is 0 Å². The van der Waals surface area contributed by atoms with Crippen molar-refractivity contribution in [3.05, 3.63) is 273 Å². The number of imidazole rings is 1. The summed E-state index contributed by atoms with van der Waals surface area (Å²) in [4.78, 5) is 5.40. The maximum absolute atomic E-state index is 5.40. The molecule has 1 aromatic heterocycles. The lowest BCUT2D eigenvalue weighted by Gasteiger charge is -2.30. The summed E-state index contributed by atoms with van der Waals surface area (Å²) in [5.74, 6) is 1.19. The molecule has 13 aromatic rings. The van der Waals surface area contributed by atoms with E-state index in [0.717, 1.165) is 22.4 Å². The van der Waals surface area contributed by atoms with Gasteiger partial charge in [0.1, 0.15) is 5.82 Å². The maximum atomic E-state index is 5.40. The highest BCUT2D eigenvalue weighted by molar-refractivity contribution is 6.25. The minimum absolute atomic E-state index is 0.0820. The lowest BCUT2D eigenvalue weighted by molar-refractivity contribution is 0.524. The molecule has 2 aliphatic carbocycles. The van der Waals surface area contributed by atoms with E-state index in [2.05, 4.69) is 272 Å². The number of fused-ring (bicyclic) bond motifs is 8. The van der Waals surface area contributed by atoms with Crippen molar-refractivity contribution in [1.82, 2.24) is 9.55 Å². The fraction of sp³-hybridized carbons (Fsp3) is 0.0282. The molecule has 12 aromatic carbocycles. The van der Waals surface area contributed by atoms with Crippen LogP contribution in [0.5, 0.6) is 0 Å². The average Bonchev–Trinajstić information content (AvgIpc) is 3.85. The highest BCUT2D eigenvalue weighted by Gasteiger charge is 2.29. The smallest absolute Gasteiger partial charge is 0.141 e. The van der Waals surface area contributed by atoms with Crippen molar-refractivity contribution in [3.63, 3.8) is 0 Å². The zero-order valence-corrected chi connectivity index (χ0v) is 40.0. The average molecular weight is 927 g/mol. The highest BCUT2D eigenvalue weighted by Crippen LogP contribution is 2.49. The van der Waals surface area contributed by atoms with Gasteiger partial charge in [0.05, 0.1) is 17.1 Å². The SMILES string of the molecule is C1=CC2=CC=CC(n3c(-c4cccc(-c5c6ccccc6c(-c6ccc7c(-c8ccc9ccccc9c8)c8ccccc8c(-c8ccc9ccccc9c8)c7c6)c6ccccc56)c4)nc4ccccc43)C2C=C1. The number of nitrogens with zero attached hydrogens (tertiary/aromatic N) is 2. The Bertz CT molecular complexity index is 4520. The quantitative estimate of drug-likeness (QED) is 0.152. The predicted molar refractivity (Wildman–Crippen MR) is 310 cm³/mol. The van der Waals surface area contributed by atoms with Gasteiger partial charge in [0.2, 0.25) is 0 Å². The van der Waals surface area contributed by atoms with Crippen molar-refractivity contribution >= 4 is 75.7 Å². The number of hydrogen-bond acceptors (Lipinski definition) is 1. The molecule has 15 rings (SSSR count). The van der Waals surface area contributed by atoms with Gasteiger partial charge in [-0.05, 0) is 151 Å². The van der Waals surface area contributed by atoms with E-state index in [1.54, 1.807) is 0 Å². The summed E-state index contributed by atoms with van der Waals surface area (Å²) in [6.45, 7) is 0. The van der Waals surface area contributed by atoms with Crippen LogP contribution in [-0.2, 0) is 0 Å². The van der Waals surface area contributed by atoms with E-state index in [-0.39, 0.29) is 12.0 Å². The summed E-state index contributed by atoms with van der Waals surface area (Å²) in [7, 11) is 0. The zero-order chi connectivity index (χ0) is 48.0. The third-order valence-corrected chi connectivity index (χ3v) is 15.7. The number of allylic oxidation sites excluding steroid dienone is 8. The van der Waals surface area contributed by atoms with Gasteiger partial charge in [0.25, 0.3) is 0 Å². The van der Waals surface area contributed by atoms with Gasteiger partial charge in [-0.25, -0.2) is 4.98 Å². The van der Waals surface area contributed by atoms with Crippen LogP contribution in [0.25, 0.3) is 132 Å². The third kappa shape index (κ3) is 6.61. The fourth-order valence-electron chi connectivity index (χ4n) is 12.5. The molecule has 340 valence electrons. The zero-order valence-electron chi connectivity index (χ0n) is 40.0. The molecule has 0 bridgehead atoms. The second kappa shape index (κ2) is 16.6. The van der Waals surface area contributed by atoms with E-state index in [0.29, 0.717) is 0 Å². The summed E-state index contributed by atoms with van der Waals surface area (Å²) in [6, 6.07) is 83.5. The molecule has 0 saturated heterocycles. The third-order valence-electron chi connectivity index (χ3n) is 15.7. The van der Waals surface area contributed by atoms with Crippen LogP contribution in [0.2, 0.25) is 0 Å². The van der Waals surface area contributed by atoms with Crippen molar-refractivity contribution in [3.8, 4) is 55.9 Å². The monoisotopic (exact) mass is 926 g/mol. The van der Waals surface area contributed by atoms with Gasteiger partial charge in [0.15, 0.2) is 0 Å². The Kier molecular flexibility index (Phi) is 9.43. The first kappa shape index (κ1) is 41.4. The summed E-state index contributed by atoms with van der Waals surface area (Å²) < 4.78 is 2.46. The maximum Gasteiger partial charge on any atom is 0.141 e. The van der Waals surface area contributed by atoms with Crippen molar-refractivity contribution in [2.24, 2.45) is 5.92 Å². The van der Waals surface area contributed by atoms with Crippen LogP contribution < -0.4 is 0 Å². The summed E-state index contributed by atoms with van der Waals surface area (Å²) in [5.41, 5.74) is 14.3. The van der Waals surface area contributed by atoms with Crippen LogP contribution >= 0.6 is 0 Å². The Labute approximate surface area is 423 Å². The topological polar surface area (TPSA) is 17.8 Å². The molecule has 0 amide bonds. The molecule has 0 radical (unpaired) electrons. The minimum Gasteiger partial charge on any atom is -0.316 e. The Balaban J connectivity index is 0.964. The van der Waals surface area contributed by atoms with E-state index < -0.39 is 0 Å². The number of para-hydroxylation sites is 2. The Morgan fingerprint density at radius 2 is 0.808 bits per heavy atom. The molecular formula is C71H46N2. The van der Waals surface area contributed by atoms with Crippen LogP contribution in [0, 0.1) is 5.92 Å². The van der Waals surface area contributed by atoms with Crippen molar-refractivity contribution < 1.29 is 0 Å². The second-order valence-electron chi connectivity index (χ2n) is 19.7. The van der Waals surface area contributed by atoms with Crippen LogP contribution in [-0.4, -0.2) is 9.55 Å². The summed E-state index contributed by atoms with van der Waals surface area (Å²) >= 11 is 0. The molecule has 0 saturated carbocycles. The molecule has 2 atom stereocenters.